The quantitative estimate of drug-likeness (QED) is 0.556. The fourth-order valence-corrected chi connectivity index (χ4v) is 7.37. The van der Waals surface area contributed by atoms with Gasteiger partial charge in [0, 0.05) is 32.1 Å². The summed E-state index contributed by atoms with van der Waals surface area (Å²) in [4.78, 5) is 14.2. The Balaban J connectivity index is 1.50. The predicted octanol–water partition coefficient (Wildman–Crippen LogP) is 6.12. The van der Waals surface area contributed by atoms with Crippen molar-refractivity contribution in [1.82, 2.24) is 0 Å². The van der Waals surface area contributed by atoms with Gasteiger partial charge in [-0.15, -0.1) is 5.92 Å². The molecule has 0 aromatic heterocycles. The Kier molecular flexibility index (Phi) is 5.33. The molecule has 0 heterocycles. The monoisotopic (exact) mass is 413 g/mol. The summed E-state index contributed by atoms with van der Waals surface area (Å²) in [6.07, 6.45) is 12.2. The van der Waals surface area contributed by atoms with Crippen LogP contribution in [-0.4, -0.2) is 19.9 Å². The molecule has 0 spiro atoms. The third-order valence-corrected chi connectivity index (χ3v) is 8.75. The number of rotatable bonds is 3. The van der Waals surface area contributed by atoms with E-state index in [0.717, 1.165) is 25.2 Å². The van der Waals surface area contributed by atoms with Gasteiger partial charge in [-0.1, -0.05) is 23.6 Å². The lowest BCUT2D eigenvalue weighted by molar-refractivity contribution is -0.114. The van der Waals surface area contributed by atoms with Crippen molar-refractivity contribution in [1.29, 1.82) is 0 Å². The van der Waals surface area contributed by atoms with Gasteiger partial charge in [0.15, 0.2) is 5.78 Å². The van der Waals surface area contributed by atoms with Crippen molar-refractivity contribution in [2.45, 2.75) is 64.7 Å². The molecule has 5 rings (SSSR count). The zero-order chi connectivity index (χ0) is 21.6. The van der Waals surface area contributed by atoms with E-state index in [2.05, 4.69) is 55.1 Å². The van der Waals surface area contributed by atoms with E-state index in [1.807, 2.05) is 13.0 Å². The number of benzene rings is 1. The summed E-state index contributed by atoms with van der Waals surface area (Å²) in [7, 11) is 4.21. The van der Waals surface area contributed by atoms with Crippen molar-refractivity contribution >= 4 is 11.5 Å². The van der Waals surface area contributed by atoms with Crippen LogP contribution in [0.1, 0.15) is 63.9 Å². The first-order valence-corrected chi connectivity index (χ1v) is 12.2. The summed E-state index contributed by atoms with van der Waals surface area (Å²) in [5, 5.41) is 0. The highest BCUT2D eigenvalue weighted by Gasteiger charge is 2.55. The van der Waals surface area contributed by atoms with E-state index in [9.17, 15) is 4.79 Å². The Hall–Kier alpha value is -2.27. The molecule has 0 N–H and O–H groups in total. The van der Waals surface area contributed by atoms with Crippen LogP contribution in [0.4, 0.5) is 5.69 Å². The molecular weight excluding hydrogens is 378 g/mol. The molecule has 2 saturated carbocycles. The number of fused-ring (bicyclic) bond motifs is 4. The number of anilines is 1. The molecule has 2 fully saturated rings. The van der Waals surface area contributed by atoms with Gasteiger partial charge >= 0.3 is 0 Å². The highest BCUT2D eigenvalue weighted by molar-refractivity contribution is 5.93. The minimum absolute atomic E-state index is 0.309. The third-order valence-electron chi connectivity index (χ3n) is 8.75. The average Bonchev–Trinajstić information content (AvgIpc) is 3.12. The Morgan fingerprint density at radius 2 is 1.84 bits per heavy atom. The molecule has 0 aliphatic heterocycles. The molecule has 4 aliphatic rings. The molecule has 1 aromatic carbocycles. The predicted molar refractivity (Wildman–Crippen MR) is 128 cm³/mol. The number of ketones is 1. The van der Waals surface area contributed by atoms with Gasteiger partial charge in [-0.2, -0.15) is 0 Å². The summed E-state index contributed by atoms with van der Waals surface area (Å²) < 4.78 is 0. The first-order valence-electron chi connectivity index (χ1n) is 12.2. The Bertz CT molecular complexity index is 999. The molecule has 0 amide bonds. The van der Waals surface area contributed by atoms with Crippen LogP contribution in [0.15, 0.2) is 47.1 Å². The van der Waals surface area contributed by atoms with Gasteiger partial charge < -0.3 is 4.90 Å². The number of allylic oxidation sites excluding steroid dienone is 4. The lowest BCUT2D eigenvalue weighted by Gasteiger charge is -2.50. The Morgan fingerprint density at radius 3 is 2.58 bits per heavy atom. The molecule has 1 aromatic rings. The largest absolute Gasteiger partial charge is 0.378 e. The van der Waals surface area contributed by atoms with Crippen molar-refractivity contribution < 1.29 is 4.79 Å². The molecule has 4 atom stereocenters. The van der Waals surface area contributed by atoms with E-state index >= 15 is 0 Å². The SMILES string of the molecule is CC#C[C@@H]1CC[C@H]2[C@@H]3CCC4=CC(=O)CCC4=C3CC[C@]12Cc1ccc(N(C)C)cc1. The van der Waals surface area contributed by atoms with Crippen LogP contribution in [0.2, 0.25) is 0 Å². The number of hydrogen-bond acceptors (Lipinski definition) is 2. The normalized spacial score (nSPS) is 31.8. The van der Waals surface area contributed by atoms with Gasteiger partial charge in [-0.3, -0.25) is 4.79 Å². The number of carbonyl (C=O) groups excluding carboxylic acids is 1. The summed E-state index contributed by atoms with van der Waals surface area (Å²) in [6, 6.07) is 9.23. The minimum Gasteiger partial charge on any atom is -0.378 e. The highest BCUT2D eigenvalue weighted by atomic mass is 16.1. The fourth-order valence-electron chi connectivity index (χ4n) is 7.37. The topological polar surface area (TPSA) is 20.3 Å². The highest BCUT2D eigenvalue weighted by Crippen LogP contribution is 2.63. The van der Waals surface area contributed by atoms with Gasteiger partial charge in [-0.05, 0) is 110 Å². The van der Waals surface area contributed by atoms with E-state index in [1.54, 1.807) is 11.1 Å². The maximum Gasteiger partial charge on any atom is 0.156 e. The van der Waals surface area contributed by atoms with Gasteiger partial charge in [0.1, 0.15) is 0 Å². The van der Waals surface area contributed by atoms with Crippen molar-refractivity contribution in [3.05, 3.63) is 52.6 Å². The molecule has 31 heavy (non-hydrogen) atoms. The zero-order valence-corrected chi connectivity index (χ0v) is 19.3. The van der Waals surface area contributed by atoms with E-state index in [0.29, 0.717) is 29.5 Å². The molecule has 4 aliphatic carbocycles. The van der Waals surface area contributed by atoms with Gasteiger partial charge in [0.25, 0.3) is 0 Å². The van der Waals surface area contributed by atoms with Crippen LogP contribution in [0.25, 0.3) is 0 Å². The van der Waals surface area contributed by atoms with Crippen LogP contribution in [0.3, 0.4) is 0 Å². The number of hydrogen-bond donors (Lipinski definition) is 0. The first kappa shape index (κ1) is 20.6. The zero-order valence-electron chi connectivity index (χ0n) is 19.3. The van der Waals surface area contributed by atoms with Crippen LogP contribution < -0.4 is 4.90 Å². The van der Waals surface area contributed by atoms with Crippen LogP contribution in [-0.2, 0) is 11.2 Å². The summed E-state index contributed by atoms with van der Waals surface area (Å²) >= 11 is 0. The minimum atomic E-state index is 0.309. The molecular formula is C29H35NO. The summed E-state index contributed by atoms with van der Waals surface area (Å²) in [5.41, 5.74) is 7.71. The molecule has 0 bridgehead atoms. The standard InChI is InChI=1S/C29H35NO/c1-4-5-22-9-15-28-27-13-8-21-18-24(31)12-14-25(21)26(27)16-17-29(22,28)19-20-6-10-23(11-7-20)30(2)3/h6-7,10-11,18,22,27-28H,8-9,12-17,19H2,1-3H3/t22-,27-,28+,29+/m1/s1. The van der Waals surface area contributed by atoms with Crippen molar-refractivity contribution in [3.63, 3.8) is 0 Å². The molecule has 0 radical (unpaired) electrons. The van der Waals surface area contributed by atoms with Crippen LogP contribution in [0.5, 0.6) is 0 Å². The Labute approximate surface area is 187 Å². The Morgan fingerprint density at radius 1 is 1.03 bits per heavy atom. The van der Waals surface area contributed by atoms with Crippen LogP contribution >= 0.6 is 0 Å². The van der Waals surface area contributed by atoms with Crippen LogP contribution in [0, 0.1) is 35.0 Å². The molecule has 2 heteroatoms. The second-order valence-electron chi connectivity index (χ2n) is 10.4. The van der Waals surface area contributed by atoms with E-state index in [-0.39, 0.29) is 0 Å². The van der Waals surface area contributed by atoms with Crippen molar-refractivity contribution in [2.75, 3.05) is 19.0 Å². The van der Waals surface area contributed by atoms with E-state index < -0.39 is 0 Å². The summed E-state index contributed by atoms with van der Waals surface area (Å²) in [5.74, 6) is 9.25. The first-order chi connectivity index (χ1) is 15.0. The van der Waals surface area contributed by atoms with Crippen molar-refractivity contribution in [3.8, 4) is 11.8 Å². The smallest absolute Gasteiger partial charge is 0.156 e. The lowest BCUT2D eigenvalue weighted by atomic mass is 9.54. The lowest BCUT2D eigenvalue weighted by Crippen LogP contribution is -2.43. The number of carbonyl (C=O) groups is 1. The fraction of sp³-hybridized carbons (Fsp3) is 0.552. The van der Waals surface area contributed by atoms with E-state index in [4.69, 9.17) is 0 Å². The van der Waals surface area contributed by atoms with Gasteiger partial charge in [-0.25, -0.2) is 0 Å². The third kappa shape index (κ3) is 3.47. The second kappa shape index (κ2) is 8.01. The second-order valence-corrected chi connectivity index (χ2v) is 10.4. The molecule has 0 saturated heterocycles. The van der Waals surface area contributed by atoms with Gasteiger partial charge in [0.05, 0.1) is 0 Å². The molecule has 2 nitrogen and oxygen atoms in total. The molecule has 0 unspecified atom stereocenters. The summed E-state index contributed by atoms with van der Waals surface area (Å²) in [6.45, 7) is 2.01. The van der Waals surface area contributed by atoms with Gasteiger partial charge in [0.2, 0.25) is 0 Å². The van der Waals surface area contributed by atoms with E-state index in [1.165, 1.54) is 48.9 Å². The number of nitrogens with zero attached hydrogens (tertiary/aromatic N) is 1. The maximum absolute atomic E-state index is 12.0. The van der Waals surface area contributed by atoms with Crippen molar-refractivity contribution in [2.24, 2.45) is 23.2 Å². The average molecular weight is 414 g/mol. The molecule has 162 valence electrons. The maximum atomic E-state index is 12.0.